The van der Waals surface area contributed by atoms with Crippen molar-refractivity contribution in [3.05, 3.63) is 90.3 Å². The Morgan fingerprint density at radius 3 is 2.00 bits per heavy atom. The summed E-state index contributed by atoms with van der Waals surface area (Å²) in [6.45, 7) is 12.0. The maximum Gasteiger partial charge on any atom is 0.255 e. The lowest BCUT2D eigenvalue weighted by atomic mass is 10.1. The molecule has 0 aliphatic rings. The third-order valence-electron chi connectivity index (χ3n) is 4.82. The smallest absolute Gasteiger partial charge is 0.255 e. The number of amides is 1. The van der Waals surface area contributed by atoms with Crippen LogP contribution in [0.2, 0.25) is 0 Å². The molecule has 32 heavy (non-hydrogen) atoms. The van der Waals surface area contributed by atoms with E-state index in [1.807, 2.05) is 106 Å². The molecule has 0 saturated carbocycles. The first kappa shape index (κ1) is 24.5. The molecule has 0 aliphatic heterocycles. The molecule has 0 bridgehead atoms. The van der Waals surface area contributed by atoms with Gasteiger partial charge < -0.3 is 20.4 Å². The summed E-state index contributed by atoms with van der Waals surface area (Å²) in [5.41, 5.74) is 5.52. The van der Waals surface area contributed by atoms with Crippen LogP contribution in [-0.4, -0.2) is 44.8 Å². The third-order valence-corrected chi connectivity index (χ3v) is 4.82. The standard InChI is InChI=1S/C26H33N5O/c1-18(17-19(2)28-21(4)30(5)6)27-20(3)22-9-13-24(14-10-22)29-26(32)23-11-15-25(16-12-23)31(7)8/h9-17,27H,1,3H2,2,4-8H3,(H,29,32)/b19-17+,28-21?. The monoisotopic (exact) mass is 431 g/mol. The molecule has 2 aromatic rings. The van der Waals surface area contributed by atoms with Crippen LogP contribution in [-0.2, 0) is 0 Å². The van der Waals surface area contributed by atoms with Gasteiger partial charge in [-0.15, -0.1) is 0 Å². The highest BCUT2D eigenvalue weighted by Crippen LogP contribution is 2.18. The van der Waals surface area contributed by atoms with Gasteiger partial charge >= 0.3 is 0 Å². The van der Waals surface area contributed by atoms with Gasteiger partial charge in [0, 0.05) is 62.2 Å². The number of amidine groups is 1. The molecule has 0 atom stereocenters. The number of hydrogen-bond acceptors (Lipinski definition) is 4. The van der Waals surface area contributed by atoms with Crippen LogP contribution in [0, 0.1) is 0 Å². The van der Waals surface area contributed by atoms with Gasteiger partial charge in [-0.2, -0.15) is 0 Å². The molecule has 6 nitrogen and oxygen atoms in total. The zero-order valence-corrected chi connectivity index (χ0v) is 19.9. The predicted molar refractivity (Wildman–Crippen MR) is 137 cm³/mol. The summed E-state index contributed by atoms with van der Waals surface area (Å²) < 4.78 is 0. The average Bonchev–Trinajstić information content (AvgIpc) is 2.73. The molecule has 0 saturated heterocycles. The SMILES string of the molecule is C=C(/C=C(\C)N=C(C)N(C)C)NC(=C)c1ccc(NC(=O)c2ccc(N(C)C)cc2)cc1. The molecule has 0 aromatic heterocycles. The summed E-state index contributed by atoms with van der Waals surface area (Å²) in [6, 6.07) is 15.0. The molecule has 1 amide bonds. The largest absolute Gasteiger partial charge is 0.378 e. The second kappa shape index (κ2) is 11.0. The Kier molecular flexibility index (Phi) is 8.41. The van der Waals surface area contributed by atoms with Crippen LogP contribution in [0.5, 0.6) is 0 Å². The van der Waals surface area contributed by atoms with Crippen LogP contribution in [0.3, 0.4) is 0 Å². The molecule has 0 fully saturated rings. The minimum Gasteiger partial charge on any atom is -0.378 e. The van der Waals surface area contributed by atoms with Gasteiger partial charge in [0.2, 0.25) is 0 Å². The summed E-state index contributed by atoms with van der Waals surface area (Å²) in [4.78, 5) is 20.9. The fraction of sp³-hybridized carbons (Fsp3) is 0.231. The van der Waals surface area contributed by atoms with E-state index in [4.69, 9.17) is 0 Å². The van der Waals surface area contributed by atoms with Gasteiger partial charge in [0.1, 0.15) is 5.84 Å². The van der Waals surface area contributed by atoms with Gasteiger partial charge in [0.25, 0.3) is 5.91 Å². The lowest BCUT2D eigenvalue weighted by Crippen LogP contribution is -2.18. The molecule has 0 radical (unpaired) electrons. The van der Waals surface area contributed by atoms with E-state index in [9.17, 15) is 4.79 Å². The van der Waals surface area contributed by atoms with Crippen molar-refractivity contribution in [3.63, 3.8) is 0 Å². The van der Waals surface area contributed by atoms with Crippen molar-refractivity contribution in [1.82, 2.24) is 10.2 Å². The normalized spacial score (nSPS) is 11.6. The van der Waals surface area contributed by atoms with E-state index in [-0.39, 0.29) is 5.91 Å². The van der Waals surface area contributed by atoms with E-state index in [1.54, 1.807) is 0 Å². The number of carbonyl (C=O) groups is 1. The molecule has 0 unspecified atom stereocenters. The molecule has 6 heteroatoms. The minimum absolute atomic E-state index is 0.150. The number of rotatable bonds is 8. The Labute approximate surface area is 191 Å². The van der Waals surface area contributed by atoms with E-state index in [0.717, 1.165) is 22.8 Å². The first-order valence-electron chi connectivity index (χ1n) is 10.3. The second-order valence-electron chi connectivity index (χ2n) is 7.94. The van der Waals surface area contributed by atoms with Gasteiger partial charge in [-0.05, 0) is 61.9 Å². The van der Waals surface area contributed by atoms with Crippen LogP contribution in [0.1, 0.15) is 29.8 Å². The Balaban J connectivity index is 1.97. The van der Waals surface area contributed by atoms with Crippen molar-refractivity contribution < 1.29 is 4.79 Å². The molecule has 2 rings (SSSR count). The van der Waals surface area contributed by atoms with Crippen LogP contribution >= 0.6 is 0 Å². The fourth-order valence-electron chi connectivity index (χ4n) is 2.81. The van der Waals surface area contributed by atoms with Crippen molar-refractivity contribution in [2.45, 2.75) is 13.8 Å². The molecule has 2 aromatic carbocycles. The lowest BCUT2D eigenvalue weighted by Gasteiger charge is -2.13. The number of hydrogen-bond donors (Lipinski definition) is 2. The van der Waals surface area contributed by atoms with Crippen LogP contribution in [0.4, 0.5) is 11.4 Å². The van der Waals surface area contributed by atoms with E-state index in [1.165, 1.54) is 0 Å². The Morgan fingerprint density at radius 2 is 1.47 bits per heavy atom. The van der Waals surface area contributed by atoms with Crippen molar-refractivity contribution in [2.24, 2.45) is 4.99 Å². The Bertz CT molecular complexity index is 1030. The Morgan fingerprint density at radius 1 is 0.906 bits per heavy atom. The fourth-order valence-corrected chi connectivity index (χ4v) is 2.81. The molecule has 0 heterocycles. The summed E-state index contributed by atoms with van der Waals surface area (Å²) >= 11 is 0. The van der Waals surface area contributed by atoms with E-state index in [0.29, 0.717) is 22.6 Å². The van der Waals surface area contributed by atoms with Gasteiger partial charge in [-0.1, -0.05) is 25.3 Å². The Hall–Kier alpha value is -3.80. The highest BCUT2D eigenvalue weighted by Gasteiger charge is 2.07. The number of nitrogens with zero attached hydrogens (tertiary/aromatic N) is 3. The number of nitrogens with one attached hydrogen (secondary N) is 2. The average molecular weight is 432 g/mol. The molecule has 0 spiro atoms. The number of aliphatic imine (C=N–C) groups is 1. The van der Waals surface area contributed by atoms with Gasteiger partial charge in [0.05, 0.1) is 0 Å². The van der Waals surface area contributed by atoms with Gasteiger partial charge in [-0.3, -0.25) is 4.79 Å². The number of benzene rings is 2. The maximum absolute atomic E-state index is 12.5. The third kappa shape index (κ3) is 7.16. The topological polar surface area (TPSA) is 60.0 Å². The van der Waals surface area contributed by atoms with Crippen molar-refractivity contribution >= 4 is 28.8 Å². The van der Waals surface area contributed by atoms with E-state index in [2.05, 4.69) is 28.8 Å². The summed E-state index contributed by atoms with van der Waals surface area (Å²) in [7, 11) is 7.83. The summed E-state index contributed by atoms with van der Waals surface area (Å²) in [6.07, 6.45) is 1.87. The quantitative estimate of drug-likeness (QED) is 0.352. The van der Waals surface area contributed by atoms with Crippen LogP contribution in [0.25, 0.3) is 5.70 Å². The zero-order chi connectivity index (χ0) is 23.8. The van der Waals surface area contributed by atoms with Crippen LogP contribution in [0.15, 0.2) is 84.2 Å². The van der Waals surface area contributed by atoms with E-state index < -0.39 is 0 Å². The highest BCUT2D eigenvalue weighted by molar-refractivity contribution is 6.04. The summed E-state index contributed by atoms with van der Waals surface area (Å²) in [5, 5.41) is 6.11. The first-order chi connectivity index (χ1) is 15.1. The number of carbonyl (C=O) groups excluding carboxylic acids is 1. The van der Waals surface area contributed by atoms with Crippen molar-refractivity contribution in [2.75, 3.05) is 38.4 Å². The van der Waals surface area contributed by atoms with Gasteiger partial charge in [-0.25, -0.2) is 4.99 Å². The van der Waals surface area contributed by atoms with Gasteiger partial charge in [0.15, 0.2) is 0 Å². The molecular weight excluding hydrogens is 398 g/mol. The molecule has 0 aliphatic carbocycles. The first-order valence-corrected chi connectivity index (χ1v) is 10.3. The van der Waals surface area contributed by atoms with Crippen molar-refractivity contribution in [1.29, 1.82) is 0 Å². The zero-order valence-electron chi connectivity index (χ0n) is 19.9. The predicted octanol–water partition coefficient (Wildman–Crippen LogP) is 4.96. The molecule has 2 N–H and O–H groups in total. The minimum atomic E-state index is -0.150. The molecule has 168 valence electrons. The number of allylic oxidation sites excluding steroid dienone is 2. The molecular formula is C26H33N5O. The van der Waals surface area contributed by atoms with Crippen LogP contribution < -0.4 is 15.5 Å². The number of anilines is 2. The maximum atomic E-state index is 12.5. The highest BCUT2D eigenvalue weighted by atomic mass is 16.1. The van der Waals surface area contributed by atoms with Crippen molar-refractivity contribution in [3.8, 4) is 0 Å². The van der Waals surface area contributed by atoms with E-state index >= 15 is 0 Å². The summed E-state index contributed by atoms with van der Waals surface area (Å²) in [5.74, 6) is 0.763. The lowest BCUT2D eigenvalue weighted by molar-refractivity contribution is 0.102. The second-order valence-corrected chi connectivity index (χ2v) is 7.94.